The highest BCUT2D eigenvalue weighted by atomic mass is 35.5. The average molecular weight is 258 g/mol. The van der Waals surface area contributed by atoms with E-state index in [1.807, 2.05) is 0 Å². The number of hydrogen-bond donors (Lipinski definition) is 1. The van der Waals surface area contributed by atoms with E-state index in [1.165, 1.54) is 6.07 Å². The lowest BCUT2D eigenvalue weighted by Crippen LogP contribution is -2.01. The van der Waals surface area contributed by atoms with E-state index in [4.69, 9.17) is 23.8 Å². The van der Waals surface area contributed by atoms with Gasteiger partial charge in [-0.3, -0.25) is 5.10 Å². The first-order valence-corrected chi connectivity index (χ1v) is 5.41. The Morgan fingerprint density at radius 2 is 2.31 bits per heavy atom. The maximum absolute atomic E-state index is 13.5. The number of hydrogen-bond acceptors (Lipinski definition) is 2. The van der Waals surface area contributed by atoms with Gasteiger partial charge in [-0.25, -0.2) is 4.39 Å². The Labute approximate surface area is 102 Å². The van der Waals surface area contributed by atoms with Crippen molar-refractivity contribution in [2.24, 2.45) is 7.05 Å². The second-order valence-corrected chi connectivity index (χ2v) is 4.17. The molecule has 1 heterocycles. The number of benzene rings is 1. The zero-order valence-corrected chi connectivity index (χ0v) is 10.1. The smallest absolute Gasteiger partial charge is 0.194 e. The third kappa shape index (κ3) is 2.01. The van der Waals surface area contributed by atoms with Crippen molar-refractivity contribution >= 4 is 23.8 Å². The number of rotatable bonds is 2. The van der Waals surface area contributed by atoms with Crippen molar-refractivity contribution in [3.05, 3.63) is 45.2 Å². The van der Waals surface area contributed by atoms with Gasteiger partial charge in [0.1, 0.15) is 11.6 Å². The van der Waals surface area contributed by atoms with Gasteiger partial charge in [0.2, 0.25) is 0 Å². The number of nitrogens with one attached hydrogen (secondary N) is 1. The quantitative estimate of drug-likeness (QED) is 0.840. The summed E-state index contributed by atoms with van der Waals surface area (Å²) in [7, 11) is 1.77. The standard InChI is InChI=1S/C10H9ClFN3S/c1-15-9(13-14-10(15)16)5-6-7(11)3-2-4-8(6)12/h2-4H,5H2,1H3,(H,14,16). The van der Waals surface area contributed by atoms with Crippen molar-refractivity contribution in [2.45, 2.75) is 6.42 Å². The van der Waals surface area contributed by atoms with Gasteiger partial charge in [-0.2, -0.15) is 5.10 Å². The van der Waals surface area contributed by atoms with Crippen LogP contribution in [0.25, 0.3) is 0 Å². The van der Waals surface area contributed by atoms with Crippen LogP contribution in [0.2, 0.25) is 5.02 Å². The summed E-state index contributed by atoms with van der Waals surface area (Å²) in [6.07, 6.45) is 0.315. The maximum Gasteiger partial charge on any atom is 0.194 e. The first-order chi connectivity index (χ1) is 7.59. The van der Waals surface area contributed by atoms with Crippen molar-refractivity contribution in [3.8, 4) is 0 Å². The van der Waals surface area contributed by atoms with Crippen molar-refractivity contribution in [1.82, 2.24) is 14.8 Å². The molecular weight excluding hydrogens is 249 g/mol. The molecule has 0 saturated carbocycles. The first-order valence-electron chi connectivity index (χ1n) is 4.62. The van der Waals surface area contributed by atoms with E-state index in [0.717, 1.165) is 0 Å². The summed E-state index contributed by atoms with van der Waals surface area (Å²) in [6.45, 7) is 0. The molecule has 0 fully saturated rings. The van der Waals surface area contributed by atoms with Crippen LogP contribution >= 0.6 is 23.8 Å². The predicted molar refractivity (Wildman–Crippen MR) is 62.6 cm³/mol. The van der Waals surface area contributed by atoms with Gasteiger partial charge >= 0.3 is 0 Å². The molecule has 0 aliphatic carbocycles. The van der Waals surface area contributed by atoms with Crippen LogP contribution in [-0.4, -0.2) is 14.8 Å². The molecule has 0 bridgehead atoms. The molecular formula is C10H9ClFN3S. The Balaban J connectivity index is 2.41. The van der Waals surface area contributed by atoms with Crippen LogP contribution in [0.3, 0.4) is 0 Å². The van der Waals surface area contributed by atoms with Crippen molar-refractivity contribution in [3.63, 3.8) is 0 Å². The highest BCUT2D eigenvalue weighted by molar-refractivity contribution is 7.71. The zero-order chi connectivity index (χ0) is 11.7. The fraction of sp³-hybridized carbons (Fsp3) is 0.200. The van der Waals surface area contributed by atoms with Crippen LogP contribution in [0.4, 0.5) is 4.39 Å². The van der Waals surface area contributed by atoms with Crippen LogP contribution in [-0.2, 0) is 13.5 Å². The Bertz CT molecular complexity index is 555. The minimum Gasteiger partial charge on any atom is -0.307 e. The van der Waals surface area contributed by atoms with Gasteiger partial charge in [0, 0.05) is 24.1 Å². The number of aromatic nitrogens is 3. The number of halogens is 2. The van der Waals surface area contributed by atoms with Crippen LogP contribution in [0.1, 0.15) is 11.4 Å². The maximum atomic E-state index is 13.5. The van der Waals surface area contributed by atoms with E-state index < -0.39 is 0 Å². The van der Waals surface area contributed by atoms with Gasteiger partial charge < -0.3 is 4.57 Å². The van der Waals surface area contributed by atoms with Crippen LogP contribution in [0, 0.1) is 10.6 Å². The number of nitrogens with zero attached hydrogens (tertiary/aromatic N) is 2. The lowest BCUT2D eigenvalue weighted by molar-refractivity contribution is 0.610. The molecule has 2 aromatic rings. The summed E-state index contributed by atoms with van der Waals surface area (Å²) in [5.74, 6) is 0.318. The molecule has 0 spiro atoms. The molecule has 0 amide bonds. The number of aromatic amines is 1. The lowest BCUT2D eigenvalue weighted by atomic mass is 10.1. The Morgan fingerprint density at radius 1 is 1.56 bits per heavy atom. The van der Waals surface area contributed by atoms with E-state index >= 15 is 0 Å². The fourth-order valence-corrected chi connectivity index (χ4v) is 1.78. The number of H-pyrrole nitrogens is 1. The van der Waals surface area contributed by atoms with Crippen LogP contribution in [0.15, 0.2) is 18.2 Å². The molecule has 0 radical (unpaired) electrons. The second-order valence-electron chi connectivity index (χ2n) is 3.38. The third-order valence-corrected chi connectivity index (χ3v) is 3.09. The second kappa shape index (κ2) is 4.35. The van der Waals surface area contributed by atoms with E-state index in [0.29, 0.717) is 27.6 Å². The molecule has 0 atom stereocenters. The Morgan fingerprint density at radius 3 is 2.88 bits per heavy atom. The lowest BCUT2D eigenvalue weighted by Gasteiger charge is -2.04. The molecule has 0 aliphatic heterocycles. The molecule has 1 aromatic carbocycles. The summed E-state index contributed by atoms with van der Waals surface area (Å²) in [5.41, 5.74) is 0.432. The van der Waals surface area contributed by atoms with Crippen molar-refractivity contribution < 1.29 is 4.39 Å². The SMILES string of the molecule is Cn1c(Cc2c(F)cccc2Cl)n[nH]c1=S. The zero-order valence-electron chi connectivity index (χ0n) is 8.50. The van der Waals surface area contributed by atoms with Crippen LogP contribution < -0.4 is 0 Å². The molecule has 84 valence electrons. The van der Waals surface area contributed by atoms with Crippen LogP contribution in [0.5, 0.6) is 0 Å². The summed E-state index contributed by atoms with van der Waals surface area (Å²) in [4.78, 5) is 0. The minimum atomic E-state index is -0.332. The topological polar surface area (TPSA) is 33.6 Å². The molecule has 1 N–H and O–H groups in total. The van der Waals surface area contributed by atoms with E-state index in [2.05, 4.69) is 10.2 Å². The summed E-state index contributed by atoms with van der Waals surface area (Å²) < 4.78 is 15.7. The van der Waals surface area contributed by atoms with Gasteiger partial charge in [0.05, 0.1) is 0 Å². The molecule has 2 rings (SSSR count). The minimum absolute atomic E-state index is 0.315. The summed E-state index contributed by atoms with van der Waals surface area (Å²) in [6, 6.07) is 4.61. The van der Waals surface area contributed by atoms with Gasteiger partial charge in [-0.1, -0.05) is 17.7 Å². The van der Waals surface area contributed by atoms with Gasteiger partial charge in [-0.05, 0) is 24.4 Å². The molecule has 0 saturated heterocycles. The van der Waals surface area contributed by atoms with Gasteiger partial charge in [0.25, 0.3) is 0 Å². The molecule has 1 aromatic heterocycles. The summed E-state index contributed by atoms with van der Waals surface area (Å²) in [5, 5.41) is 7.06. The largest absolute Gasteiger partial charge is 0.307 e. The average Bonchev–Trinajstić information content (AvgIpc) is 2.55. The molecule has 0 aliphatic rings. The normalized spacial score (nSPS) is 10.7. The Hall–Kier alpha value is -1.20. The third-order valence-electron chi connectivity index (χ3n) is 2.37. The van der Waals surface area contributed by atoms with E-state index in [1.54, 1.807) is 23.7 Å². The van der Waals surface area contributed by atoms with E-state index in [9.17, 15) is 4.39 Å². The van der Waals surface area contributed by atoms with Crippen molar-refractivity contribution in [1.29, 1.82) is 0 Å². The summed E-state index contributed by atoms with van der Waals surface area (Å²) >= 11 is 10.9. The fourth-order valence-electron chi connectivity index (χ4n) is 1.40. The van der Waals surface area contributed by atoms with Crippen molar-refractivity contribution in [2.75, 3.05) is 0 Å². The first kappa shape index (κ1) is 11.3. The Kier molecular flexibility index (Phi) is 3.07. The molecule has 16 heavy (non-hydrogen) atoms. The molecule has 0 unspecified atom stereocenters. The highest BCUT2D eigenvalue weighted by Crippen LogP contribution is 2.21. The monoisotopic (exact) mass is 257 g/mol. The highest BCUT2D eigenvalue weighted by Gasteiger charge is 2.11. The van der Waals surface area contributed by atoms with E-state index in [-0.39, 0.29) is 5.82 Å². The molecule has 3 nitrogen and oxygen atoms in total. The predicted octanol–water partition coefficient (Wildman–Crippen LogP) is 2.86. The van der Waals surface area contributed by atoms with Gasteiger partial charge in [-0.15, -0.1) is 0 Å². The molecule has 6 heteroatoms. The van der Waals surface area contributed by atoms with Gasteiger partial charge in [0.15, 0.2) is 4.77 Å².